The lowest BCUT2D eigenvalue weighted by molar-refractivity contribution is 0.961. The zero-order chi connectivity index (χ0) is 7.56. The second kappa shape index (κ2) is 2.64. The Bertz CT molecular complexity index is 220. The Morgan fingerprint density at radius 3 is 2.50 bits per heavy atom. The van der Waals surface area contributed by atoms with Crippen LogP contribution in [0.1, 0.15) is 5.69 Å². The van der Waals surface area contributed by atoms with E-state index in [1.165, 1.54) is 0 Å². The van der Waals surface area contributed by atoms with Gasteiger partial charge in [-0.15, -0.1) is 0 Å². The quantitative estimate of drug-likeness (QED) is 0.574. The van der Waals surface area contributed by atoms with Crippen LogP contribution in [0.4, 0.5) is 5.69 Å². The Balaban J connectivity index is 2.96. The third-order valence-electron chi connectivity index (χ3n) is 1.28. The van der Waals surface area contributed by atoms with E-state index in [1.54, 1.807) is 6.20 Å². The molecule has 0 aromatic carbocycles. The molecular weight excluding hydrogens is 126 g/mol. The minimum absolute atomic E-state index is 0.950. The predicted octanol–water partition coefficient (Wildman–Crippen LogP) is 0.851. The van der Waals surface area contributed by atoms with E-state index in [0.717, 1.165) is 11.4 Å². The number of hydrogen-bond donors (Lipinski definition) is 0. The van der Waals surface area contributed by atoms with Gasteiger partial charge >= 0.3 is 0 Å². The van der Waals surface area contributed by atoms with Crippen LogP contribution >= 0.6 is 0 Å². The van der Waals surface area contributed by atoms with Gasteiger partial charge in [-0.2, -0.15) is 10.2 Å². The number of aromatic nitrogens is 2. The van der Waals surface area contributed by atoms with E-state index < -0.39 is 0 Å². The van der Waals surface area contributed by atoms with Gasteiger partial charge in [0.05, 0.1) is 17.6 Å². The Morgan fingerprint density at radius 2 is 2.10 bits per heavy atom. The molecule has 3 heteroatoms. The molecule has 0 aliphatic carbocycles. The average Bonchev–Trinajstić information content (AvgIpc) is 1.88. The first kappa shape index (κ1) is 6.99. The van der Waals surface area contributed by atoms with Crippen LogP contribution in [0, 0.1) is 6.92 Å². The van der Waals surface area contributed by atoms with Crippen LogP contribution in [-0.4, -0.2) is 24.3 Å². The largest absolute Gasteiger partial charge is 0.376 e. The Hall–Kier alpha value is -1.12. The van der Waals surface area contributed by atoms with Crippen LogP contribution in [0.5, 0.6) is 0 Å². The van der Waals surface area contributed by atoms with Crippen molar-refractivity contribution in [2.24, 2.45) is 0 Å². The molecule has 1 rings (SSSR count). The number of anilines is 1. The summed E-state index contributed by atoms with van der Waals surface area (Å²) in [6, 6.07) is 1.99. The van der Waals surface area contributed by atoms with E-state index in [-0.39, 0.29) is 0 Å². The first-order valence-electron chi connectivity index (χ1n) is 3.17. The van der Waals surface area contributed by atoms with Gasteiger partial charge in [0.25, 0.3) is 0 Å². The van der Waals surface area contributed by atoms with Crippen LogP contribution in [0.25, 0.3) is 0 Å². The van der Waals surface area contributed by atoms with E-state index >= 15 is 0 Å². The van der Waals surface area contributed by atoms with Gasteiger partial charge in [0.1, 0.15) is 0 Å². The molecule has 0 unspecified atom stereocenters. The summed E-state index contributed by atoms with van der Waals surface area (Å²) in [5, 5.41) is 7.66. The molecule has 0 amide bonds. The normalized spacial score (nSPS) is 9.50. The molecule has 1 aromatic rings. The lowest BCUT2D eigenvalue weighted by Gasteiger charge is -2.10. The summed E-state index contributed by atoms with van der Waals surface area (Å²) in [5.74, 6) is 0. The Kier molecular flexibility index (Phi) is 1.85. The molecule has 0 saturated heterocycles. The maximum Gasteiger partial charge on any atom is 0.0729 e. The first-order valence-corrected chi connectivity index (χ1v) is 3.17. The molecule has 1 heterocycles. The zero-order valence-corrected chi connectivity index (χ0v) is 6.50. The Labute approximate surface area is 60.7 Å². The molecule has 3 nitrogen and oxygen atoms in total. The van der Waals surface area contributed by atoms with Crippen molar-refractivity contribution < 1.29 is 0 Å². The molecular formula is C7H11N3. The molecule has 0 aliphatic rings. The van der Waals surface area contributed by atoms with Crippen LogP contribution < -0.4 is 4.90 Å². The summed E-state index contributed by atoms with van der Waals surface area (Å²) in [7, 11) is 3.97. The van der Waals surface area contributed by atoms with Gasteiger partial charge in [-0.05, 0) is 13.0 Å². The second-order valence-corrected chi connectivity index (χ2v) is 2.45. The van der Waals surface area contributed by atoms with Crippen molar-refractivity contribution in [3.8, 4) is 0 Å². The molecule has 0 fully saturated rings. The highest BCUT2D eigenvalue weighted by Gasteiger charge is 1.94. The summed E-state index contributed by atoms with van der Waals surface area (Å²) >= 11 is 0. The highest BCUT2D eigenvalue weighted by molar-refractivity contribution is 5.42. The SMILES string of the molecule is Cc1cc(N(C)C)cnn1. The fourth-order valence-corrected chi connectivity index (χ4v) is 0.704. The minimum atomic E-state index is 0.950. The summed E-state index contributed by atoms with van der Waals surface area (Å²) in [6.45, 7) is 1.93. The number of hydrogen-bond acceptors (Lipinski definition) is 3. The van der Waals surface area contributed by atoms with E-state index in [9.17, 15) is 0 Å². The van der Waals surface area contributed by atoms with Gasteiger partial charge < -0.3 is 4.90 Å². The van der Waals surface area contributed by atoms with Crippen molar-refractivity contribution in [1.29, 1.82) is 0 Å². The van der Waals surface area contributed by atoms with Crippen LogP contribution in [0.2, 0.25) is 0 Å². The van der Waals surface area contributed by atoms with Gasteiger partial charge in [-0.25, -0.2) is 0 Å². The Morgan fingerprint density at radius 1 is 1.40 bits per heavy atom. The highest BCUT2D eigenvalue weighted by atomic mass is 15.1. The van der Waals surface area contributed by atoms with Crippen LogP contribution in [0.15, 0.2) is 12.3 Å². The molecule has 0 aliphatic heterocycles. The lowest BCUT2D eigenvalue weighted by atomic mass is 10.4. The average molecular weight is 137 g/mol. The summed E-state index contributed by atoms with van der Waals surface area (Å²) in [4.78, 5) is 2.00. The van der Waals surface area contributed by atoms with Crippen LogP contribution in [-0.2, 0) is 0 Å². The standard InChI is InChI=1S/C7H11N3/c1-6-4-7(10(2)3)5-8-9-6/h4-5H,1-3H3. The van der Waals surface area contributed by atoms with Gasteiger partial charge in [0, 0.05) is 14.1 Å². The summed E-state index contributed by atoms with van der Waals surface area (Å²) in [6.07, 6.45) is 1.74. The van der Waals surface area contributed by atoms with Gasteiger partial charge in [0.15, 0.2) is 0 Å². The molecule has 54 valence electrons. The maximum absolute atomic E-state index is 3.85. The van der Waals surface area contributed by atoms with E-state index in [4.69, 9.17) is 0 Å². The van der Waals surface area contributed by atoms with Crippen LogP contribution in [0.3, 0.4) is 0 Å². The van der Waals surface area contributed by atoms with Crippen molar-refractivity contribution in [2.45, 2.75) is 6.92 Å². The number of nitrogens with zero attached hydrogens (tertiary/aromatic N) is 3. The second-order valence-electron chi connectivity index (χ2n) is 2.45. The van der Waals surface area contributed by atoms with Gasteiger partial charge in [-0.1, -0.05) is 0 Å². The molecule has 0 atom stereocenters. The van der Waals surface area contributed by atoms with Crippen molar-refractivity contribution in [2.75, 3.05) is 19.0 Å². The zero-order valence-electron chi connectivity index (χ0n) is 6.50. The minimum Gasteiger partial charge on any atom is -0.376 e. The first-order chi connectivity index (χ1) is 4.70. The molecule has 10 heavy (non-hydrogen) atoms. The molecule has 0 bridgehead atoms. The van der Waals surface area contributed by atoms with E-state index in [1.807, 2.05) is 32.0 Å². The lowest BCUT2D eigenvalue weighted by Crippen LogP contribution is -2.09. The third kappa shape index (κ3) is 1.43. The fourth-order valence-electron chi connectivity index (χ4n) is 0.704. The smallest absolute Gasteiger partial charge is 0.0729 e. The maximum atomic E-state index is 3.85. The van der Waals surface area contributed by atoms with Crippen molar-refractivity contribution in [3.05, 3.63) is 18.0 Å². The molecule has 1 aromatic heterocycles. The number of rotatable bonds is 1. The van der Waals surface area contributed by atoms with Crippen molar-refractivity contribution in [1.82, 2.24) is 10.2 Å². The topological polar surface area (TPSA) is 29.0 Å². The summed E-state index contributed by atoms with van der Waals surface area (Å²) in [5.41, 5.74) is 2.04. The monoisotopic (exact) mass is 137 g/mol. The van der Waals surface area contributed by atoms with E-state index in [0.29, 0.717) is 0 Å². The van der Waals surface area contributed by atoms with Crippen molar-refractivity contribution in [3.63, 3.8) is 0 Å². The van der Waals surface area contributed by atoms with Gasteiger partial charge in [0.2, 0.25) is 0 Å². The summed E-state index contributed by atoms with van der Waals surface area (Å²) < 4.78 is 0. The molecule has 0 radical (unpaired) electrons. The predicted molar refractivity (Wildman–Crippen MR) is 41.1 cm³/mol. The van der Waals surface area contributed by atoms with E-state index in [2.05, 4.69) is 10.2 Å². The molecule has 0 N–H and O–H groups in total. The number of aryl methyl sites for hydroxylation is 1. The fraction of sp³-hybridized carbons (Fsp3) is 0.429. The molecule has 0 saturated carbocycles. The third-order valence-corrected chi connectivity index (χ3v) is 1.28. The van der Waals surface area contributed by atoms with Crippen molar-refractivity contribution >= 4 is 5.69 Å². The highest BCUT2D eigenvalue weighted by Crippen LogP contribution is 2.07. The van der Waals surface area contributed by atoms with Gasteiger partial charge in [-0.3, -0.25) is 0 Å². The molecule has 0 spiro atoms.